The lowest BCUT2D eigenvalue weighted by Gasteiger charge is -2.30. The van der Waals surface area contributed by atoms with Gasteiger partial charge in [0.25, 0.3) is 0 Å². The summed E-state index contributed by atoms with van der Waals surface area (Å²) >= 11 is 0. The van der Waals surface area contributed by atoms with Crippen molar-refractivity contribution in [3.63, 3.8) is 0 Å². The number of aliphatic hydroxyl groups excluding tert-OH is 1. The van der Waals surface area contributed by atoms with Gasteiger partial charge in [-0.2, -0.15) is 0 Å². The van der Waals surface area contributed by atoms with E-state index in [9.17, 15) is 4.79 Å². The highest BCUT2D eigenvalue weighted by Gasteiger charge is 2.26. The Balaban J connectivity index is 4.34. The Morgan fingerprint density at radius 1 is 1.33 bits per heavy atom. The second-order valence-electron chi connectivity index (χ2n) is 4.39. The highest BCUT2D eigenvalue weighted by molar-refractivity contribution is 5.79. The molecule has 0 bridgehead atoms. The van der Waals surface area contributed by atoms with Crippen molar-refractivity contribution in [2.45, 2.75) is 58.9 Å². The molecule has 0 aromatic heterocycles. The van der Waals surface area contributed by atoms with E-state index in [-0.39, 0.29) is 24.0 Å². The molecular formula is C12H25NO2. The fraction of sp³-hybridized carbons (Fsp3) is 0.917. The van der Waals surface area contributed by atoms with Crippen molar-refractivity contribution in [3.05, 3.63) is 0 Å². The maximum atomic E-state index is 11.9. The van der Waals surface area contributed by atoms with Crippen LogP contribution in [0.5, 0.6) is 0 Å². The van der Waals surface area contributed by atoms with Crippen LogP contribution in [0, 0.1) is 5.92 Å². The van der Waals surface area contributed by atoms with Crippen molar-refractivity contribution >= 4 is 5.91 Å². The zero-order valence-corrected chi connectivity index (χ0v) is 10.5. The number of carbonyl (C=O) groups excluding carboxylic acids is 1. The first kappa shape index (κ1) is 14.4. The third-order valence-electron chi connectivity index (χ3n) is 3.23. The summed E-state index contributed by atoms with van der Waals surface area (Å²) in [4.78, 5) is 11.9. The summed E-state index contributed by atoms with van der Waals surface area (Å²) in [6, 6.07) is 0. The van der Waals surface area contributed by atoms with Crippen LogP contribution in [0.25, 0.3) is 0 Å². The molecule has 0 aliphatic carbocycles. The smallest absolute Gasteiger partial charge is 0.223 e. The summed E-state index contributed by atoms with van der Waals surface area (Å²) in [5.74, 6) is 0.229. The lowest BCUT2D eigenvalue weighted by Crippen LogP contribution is -2.48. The number of aliphatic hydroxyl groups is 1. The van der Waals surface area contributed by atoms with E-state index in [0.717, 1.165) is 19.3 Å². The van der Waals surface area contributed by atoms with Crippen LogP contribution in [0.4, 0.5) is 0 Å². The Hall–Kier alpha value is -0.570. The largest absolute Gasteiger partial charge is 0.396 e. The molecule has 1 atom stereocenters. The molecule has 15 heavy (non-hydrogen) atoms. The molecule has 1 amide bonds. The molecule has 1 unspecified atom stereocenters. The molecule has 0 aliphatic rings. The van der Waals surface area contributed by atoms with E-state index in [1.54, 1.807) is 0 Å². The van der Waals surface area contributed by atoms with Crippen molar-refractivity contribution in [1.29, 1.82) is 0 Å². The molecule has 3 nitrogen and oxygen atoms in total. The van der Waals surface area contributed by atoms with Crippen LogP contribution in [-0.2, 0) is 4.79 Å². The standard InChI is InChI=1S/C12H25NO2/c1-5-10(6-2)11(15)13-12(4,7-3)8-9-14/h10,14H,5-9H2,1-4H3,(H,13,15). The van der Waals surface area contributed by atoms with E-state index in [4.69, 9.17) is 5.11 Å². The summed E-state index contributed by atoms with van der Waals surface area (Å²) in [5, 5.41) is 12.0. The van der Waals surface area contributed by atoms with E-state index >= 15 is 0 Å². The molecule has 0 aliphatic heterocycles. The van der Waals surface area contributed by atoms with Gasteiger partial charge in [-0.1, -0.05) is 20.8 Å². The molecule has 0 aromatic rings. The Labute approximate surface area is 93.3 Å². The summed E-state index contributed by atoms with van der Waals surface area (Å²) in [5.41, 5.74) is -0.256. The molecule has 0 saturated carbocycles. The monoisotopic (exact) mass is 215 g/mol. The molecule has 3 heteroatoms. The summed E-state index contributed by atoms with van der Waals surface area (Å²) < 4.78 is 0. The summed E-state index contributed by atoms with van der Waals surface area (Å²) in [6.07, 6.45) is 3.22. The molecular weight excluding hydrogens is 190 g/mol. The van der Waals surface area contributed by atoms with Gasteiger partial charge in [-0.15, -0.1) is 0 Å². The van der Waals surface area contributed by atoms with Gasteiger partial charge in [0, 0.05) is 18.1 Å². The van der Waals surface area contributed by atoms with Crippen LogP contribution in [0.1, 0.15) is 53.4 Å². The highest BCUT2D eigenvalue weighted by atomic mass is 16.3. The van der Waals surface area contributed by atoms with Crippen LogP contribution >= 0.6 is 0 Å². The molecule has 0 radical (unpaired) electrons. The summed E-state index contributed by atoms with van der Waals surface area (Å²) in [6.45, 7) is 8.20. The second-order valence-corrected chi connectivity index (χ2v) is 4.39. The Morgan fingerprint density at radius 2 is 1.87 bits per heavy atom. The van der Waals surface area contributed by atoms with Crippen molar-refractivity contribution in [1.82, 2.24) is 5.32 Å². The van der Waals surface area contributed by atoms with Crippen LogP contribution in [0.3, 0.4) is 0 Å². The van der Waals surface area contributed by atoms with Gasteiger partial charge in [0.15, 0.2) is 0 Å². The van der Waals surface area contributed by atoms with Gasteiger partial charge in [0.2, 0.25) is 5.91 Å². The van der Waals surface area contributed by atoms with Gasteiger partial charge in [-0.05, 0) is 32.6 Å². The first-order chi connectivity index (χ1) is 7.02. The van der Waals surface area contributed by atoms with E-state index < -0.39 is 0 Å². The number of hydrogen-bond donors (Lipinski definition) is 2. The summed E-state index contributed by atoms with van der Waals surface area (Å²) in [7, 11) is 0. The van der Waals surface area contributed by atoms with Gasteiger partial charge in [0.1, 0.15) is 0 Å². The van der Waals surface area contributed by atoms with Crippen molar-refractivity contribution in [2.24, 2.45) is 5.92 Å². The highest BCUT2D eigenvalue weighted by Crippen LogP contribution is 2.16. The van der Waals surface area contributed by atoms with Crippen LogP contribution in [-0.4, -0.2) is 23.2 Å². The van der Waals surface area contributed by atoms with E-state index in [0.29, 0.717) is 6.42 Å². The van der Waals surface area contributed by atoms with Crippen molar-refractivity contribution in [2.75, 3.05) is 6.61 Å². The number of hydrogen-bond acceptors (Lipinski definition) is 2. The van der Waals surface area contributed by atoms with Gasteiger partial charge in [-0.3, -0.25) is 4.79 Å². The SMILES string of the molecule is CCC(CC)C(=O)NC(C)(CC)CCO. The third kappa shape index (κ3) is 4.65. The molecule has 90 valence electrons. The number of rotatable bonds is 7. The van der Waals surface area contributed by atoms with Gasteiger partial charge in [-0.25, -0.2) is 0 Å². The molecule has 0 rings (SSSR count). The molecule has 0 fully saturated rings. The molecule has 0 saturated heterocycles. The van der Waals surface area contributed by atoms with Crippen molar-refractivity contribution in [3.8, 4) is 0 Å². The van der Waals surface area contributed by atoms with Gasteiger partial charge < -0.3 is 10.4 Å². The third-order valence-corrected chi connectivity index (χ3v) is 3.23. The maximum absolute atomic E-state index is 11.9. The van der Waals surface area contributed by atoms with Crippen LogP contribution < -0.4 is 5.32 Å². The Morgan fingerprint density at radius 3 is 2.20 bits per heavy atom. The van der Waals surface area contributed by atoms with Gasteiger partial charge >= 0.3 is 0 Å². The number of carbonyl (C=O) groups is 1. The maximum Gasteiger partial charge on any atom is 0.223 e. The lowest BCUT2D eigenvalue weighted by molar-refractivity contribution is -0.127. The average Bonchev–Trinajstić information content (AvgIpc) is 2.20. The fourth-order valence-corrected chi connectivity index (χ4v) is 1.63. The Bertz CT molecular complexity index is 190. The lowest BCUT2D eigenvalue weighted by atomic mass is 9.92. The van der Waals surface area contributed by atoms with Crippen LogP contribution in [0.15, 0.2) is 0 Å². The zero-order chi connectivity index (χ0) is 11.9. The van der Waals surface area contributed by atoms with Crippen LogP contribution in [0.2, 0.25) is 0 Å². The fourth-order valence-electron chi connectivity index (χ4n) is 1.63. The zero-order valence-electron chi connectivity index (χ0n) is 10.5. The number of nitrogens with one attached hydrogen (secondary N) is 1. The van der Waals surface area contributed by atoms with E-state index in [1.807, 2.05) is 27.7 Å². The van der Waals surface area contributed by atoms with Crippen molar-refractivity contribution < 1.29 is 9.90 Å². The first-order valence-corrected chi connectivity index (χ1v) is 5.95. The topological polar surface area (TPSA) is 49.3 Å². The predicted octanol–water partition coefficient (Wildman–Crippen LogP) is 2.09. The molecule has 0 heterocycles. The molecule has 2 N–H and O–H groups in total. The predicted molar refractivity (Wildman–Crippen MR) is 62.6 cm³/mol. The van der Waals surface area contributed by atoms with Gasteiger partial charge in [0.05, 0.1) is 0 Å². The minimum Gasteiger partial charge on any atom is -0.396 e. The quantitative estimate of drug-likeness (QED) is 0.683. The molecule has 0 aromatic carbocycles. The average molecular weight is 215 g/mol. The minimum atomic E-state index is -0.256. The van der Waals surface area contributed by atoms with E-state index in [1.165, 1.54) is 0 Å². The normalized spacial score (nSPS) is 15.1. The second kappa shape index (κ2) is 6.83. The number of amides is 1. The Kier molecular flexibility index (Phi) is 6.57. The minimum absolute atomic E-state index is 0.106. The first-order valence-electron chi connectivity index (χ1n) is 5.95. The molecule has 0 spiro atoms. The van der Waals surface area contributed by atoms with E-state index in [2.05, 4.69) is 5.32 Å².